The summed E-state index contributed by atoms with van der Waals surface area (Å²) in [5, 5.41) is 0.503. The van der Waals surface area contributed by atoms with Crippen molar-refractivity contribution in [3.05, 3.63) is 51.8 Å². The summed E-state index contributed by atoms with van der Waals surface area (Å²) in [6.45, 7) is 2.88. The number of nitrogens with zero attached hydrogens (tertiary/aromatic N) is 3. The first-order chi connectivity index (χ1) is 13.6. The van der Waals surface area contributed by atoms with Crippen molar-refractivity contribution in [2.24, 2.45) is 5.92 Å². The quantitative estimate of drug-likeness (QED) is 0.724. The van der Waals surface area contributed by atoms with Gasteiger partial charge in [0.25, 0.3) is 11.5 Å². The average Bonchev–Trinajstić information content (AvgIpc) is 3.39. The van der Waals surface area contributed by atoms with Gasteiger partial charge in [-0.05, 0) is 37.5 Å². The van der Waals surface area contributed by atoms with Crippen molar-refractivity contribution in [3.8, 4) is 0 Å². The second-order valence-corrected chi connectivity index (χ2v) is 7.86. The van der Waals surface area contributed by atoms with Gasteiger partial charge in [0.1, 0.15) is 11.2 Å². The Morgan fingerprint density at radius 3 is 3.04 bits per heavy atom. The molecule has 8 nitrogen and oxygen atoms in total. The van der Waals surface area contributed by atoms with Gasteiger partial charge in [0.05, 0.1) is 17.6 Å². The van der Waals surface area contributed by atoms with Crippen LogP contribution in [-0.2, 0) is 11.2 Å². The van der Waals surface area contributed by atoms with Gasteiger partial charge in [0.2, 0.25) is 5.91 Å². The maximum Gasteiger partial charge on any atom is 0.289 e. The first kappa shape index (κ1) is 18.4. The first-order valence-corrected chi connectivity index (χ1v) is 10.0. The zero-order valence-electron chi connectivity index (χ0n) is 15.4. The fraction of sp³-hybridized carbons (Fsp3) is 0.368. The van der Waals surface area contributed by atoms with E-state index >= 15 is 0 Å². The molecule has 1 saturated heterocycles. The number of rotatable bonds is 4. The van der Waals surface area contributed by atoms with Crippen molar-refractivity contribution in [2.75, 3.05) is 18.5 Å². The fourth-order valence-electron chi connectivity index (χ4n) is 3.37. The van der Waals surface area contributed by atoms with E-state index in [4.69, 9.17) is 4.42 Å². The van der Waals surface area contributed by atoms with Gasteiger partial charge in [0.15, 0.2) is 5.76 Å². The number of likely N-dealkylation sites (tertiary alicyclic amines) is 1. The number of carbonyl (C=O) groups excluding carboxylic acids is 2. The molecule has 4 heterocycles. The number of furan rings is 1. The minimum atomic E-state index is -0.399. The monoisotopic (exact) mass is 400 g/mol. The normalized spacial score (nSPS) is 17.0. The molecule has 1 atom stereocenters. The summed E-state index contributed by atoms with van der Waals surface area (Å²) >= 11 is 1.48. The van der Waals surface area contributed by atoms with E-state index < -0.39 is 5.92 Å². The Kier molecular flexibility index (Phi) is 4.99. The molecule has 3 aromatic heterocycles. The average molecular weight is 400 g/mol. The second-order valence-electron chi connectivity index (χ2n) is 6.75. The number of amides is 2. The Bertz CT molecular complexity index is 1070. The van der Waals surface area contributed by atoms with Crippen molar-refractivity contribution in [3.63, 3.8) is 0 Å². The minimum Gasteiger partial charge on any atom is -0.459 e. The highest BCUT2D eigenvalue weighted by Gasteiger charge is 2.30. The predicted octanol–water partition coefficient (Wildman–Crippen LogP) is 2.24. The molecule has 9 heteroatoms. The van der Waals surface area contributed by atoms with Crippen LogP contribution in [0.3, 0.4) is 0 Å². The van der Waals surface area contributed by atoms with Crippen LogP contribution in [0.25, 0.3) is 10.2 Å². The Morgan fingerprint density at radius 1 is 1.43 bits per heavy atom. The van der Waals surface area contributed by atoms with Gasteiger partial charge < -0.3 is 9.32 Å². The summed E-state index contributed by atoms with van der Waals surface area (Å²) in [7, 11) is 0. The van der Waals surface area contributed by atoms with E-state index in [2.05, 4.69) is 10.4 Å². The van der Waals surface area contributed by atoms with Crippen LogP contribution in [0.15, 0.2) is 40.0 Å². The van der Waals surface area contributed by atoms with E-state index in [0.29, 0.717) is 29.6 Å². The molecule has 0 spiro atoms. The third-order valence-electron chi connectivity index (χ3n) is 4.89. The lowest BCUT2D eigenvalue weighted by atomic mass is 9.97. The smallest absolute Gasteiger partial charge is 0.289 e. The number of nitrogens with one attached hydrogen (secondary N) is 1. The summed E-state index contributed by atoms with van der Waals surface area (Å²) in [5.74, 6) is -0.667. The molecule has 0 bridgehead atoms. The lowest BCUT2D eigenvalue weighted by molar-refractivity contribution is -0.122. The van der Waals surface area contributed by atoms with Crippen LogP contribution >= 0.6 is 11.3 Å². The summed E-state index contributed by atoms with van der Waals surface area (Å²) in [6.07, 6.45) is 4.98. The maximum atomic E-state index is 12.7. The molecule has 1 aliphatic heterocycles. The highest BCUT2D eigenvalue weighted by molar-refractivity contribution is 7.18. The Hall–Kier alpha value is -2.94. The van der Waals surface area contributed by atoms with Crippen molar-refractivity contribution in [1.29, 1.82) is 0 Å². The van der Waals surface area contributed by atoms with E-state index in [1.807, 2.05) is 13.0 Å². The van der Waals surface area contributed by atoms with Crippen molar-refractivity contribution >= 4 is 33.4 Å². The fourth-order valence-corrected chi connectivity index (χ4v) is 4.29. The molecule has 0 aromatic carbocycles. The molecule has 0 saturated carbocycles. The summed E-state index contributed by atoms with van der Waals surface area (Å²) < 4.78 is 6.29. The van der Waals surface area contributed by atoms with Gasteiger partial charge in [-0.1, -0.05) is 6.92 Å². The topological polar surface area (TPSA) is 97.4 Å². The highest BCUT2D eigenvalue weighted by atomic mass is 32.1. The van der Waals surface area contributed by atoms with Gasteiger partial charge in [-0.3, -0.25) is 19.8 Å². The van der Waals surface area contributed by atoms with E-state index in [1.165, 1.54) is 23.9 Å². The maximum absolute atomic E-state index is 12.7. The number of fused-ring (bicyclic) bond motifs is 1. The molecule has 0 unspecified atom stereocenters. The van der Waals surface area contributed by atoms with Crippen LogP contribution < -0.4 is 11.0 Å². The van der Waals surface area contributed by atoms with E-state index in [0.717, 1.165) is 16.0 Å². The first-order valence-electron chi connectivity index (χ1n) is 9.20. The molecule has 28 heavy (non-hydrogen) atoms. The Labute approximate surface area is 164 Å². The molecule has 0 radical (unpaired) electrons. The minimum absolute atomic E-state index is 0.229. The van der Waals surface area contributed by atoms with Crippen molar-refractivity contribution in [1.82, 2.24) is 14.6 Å². The molecule has 2 amide bonds. The molecule has 1 N–H and O–H groups in total. The largest absolute Gasteiger partial charge is 0.459 e. The molecule has 0 aliphatic carbocycles. The molecular weight excluding hydrogens is 380 g/mol. The van der Waals surface area contributed by atoms with Gasteiger partial charge in [-0.25, -0.2) is 9.66 Å². The number of carbonyl (C=O) groups is 2. The van der Waals surface area contributed by atoms with Crippen LogP contribution in [0.5, 0.6) is 0 Å². The zero-order chi connectivity index (χ0) is 19.7. The van der Waals surface area contributed by atoms with Crippen LogP contribution in [-0.4, -0.2) is 39.5 Å². The van der Waals surface area contributed by atoms with Crippen molar-refractivity contribution in [2.45, 2.75) is 26.2 Å². The summed E-state index contributed by atoms with van der Waals surface area (Å²) in [5.41, 5.74) is 2.34. The molecule has 146 valence electrons. The van der Waals surface area contributed by atoms with Crippen LogP contribution in [0.2, 0.25) is 0 Å². The number of piperidine rings is 1. The Morgan fingerprint density at radius 2 is 2.29 bits per heavy atom. The molecule has 1 fully saturated rings. The molecule has 1 aliphatic rings. The highest BCUT2D eigenvalue weighted by Crippen LogP contribution is 2.21. The predicted molar refractivity (Wildman–Crippen MR) is 105 cm³/mol. The van der Waals surface area contributed by atoms with Crippen molar-refractivity contribution < 1.29 is 14.0 Å². The summed E-state index contributed by atoms with van der Waals surface area (Å²) in [6, 6.07) is 5.09. The summed E-state index contributed by atoms with van der Waals surface area (Å²) in [4.78, 5) is 45.4. The lowest BCUT2D eigenvalue weighted by Gasteiger charge is -2.31. The van der Waals surface area contributed by atoms with Crippen LogP contribution in [0, 0.1) is 5.92 Å². The molecule has 4 rings (SSSR count). The number of aromatic nitrogens is 2. The standard InChI is InChI=1S/C19H20N4O4S/c1-2-13-9-14-17(28-13)20-11-23(18(14)25)21-16(24)12-5-3-7-22(10-12)19(26)15-6-4-8-27-15/h4,6,8-9,11-12H,2-3,5,7,10H2,1H3,(H,21,24)/t12-/m1/s1. The van der Waals surface area contributed by atoms with E-state index in [9.17, 15) is 14.4 Å². The van der Waals surface area contributed by atoms with Crippen LogP contribution in [0.1, 0.15) is 35.2 Å². The van der Waals surface area contributed by atoms with Crippen LogP contribution in [0.4, 0.5) is 0 Å². The van der Waals surface area contributed by atoms with Gasteiger partial charge in [-0.15, -0.1) is 11.3 Å². The SMILES string of the molecule is CCc1cc2c(=O)n(NC(=O)[C@@H]3CCCN(C(=O)c4ccco4)C3)cnc2s1. The molecule has 3 aromatic rings. The lowest BCUT2D eigenvalue weighted by Crippen LogP contribution is -2.46. The number of thiophene rings is 1. The second kappa shape index (κ2) is 7.59. The molecular formula is C19H20N4O4S. The third-order valence-corrected chi connectivity index (χ3v) is 6.08. The number of aryl methyl sites for hydroxylation is 1. The Balaban J connectivity index is 1.49. The van der Waals surface area contributed by atoms with E-state index in [-0.39, 0.29) is 29.7 Å². The third kappa shape index (κ3) is 3.45. The number of hydrogen-bond donors (Lipinski definition) is 1. The number of hydrogen-bond acceptors (Lipinski definition) is 6. The van der Waals surface area contributed by atoms with Gasteiger partial charge in [-0.2, -0.15) is 0 Å². The van der Waals surface area contributed by atoms with E-state index in [1.54, 1.807) is 17.0 Å². The van der Waals surface area contributed by atoms with Gasteiger partial charge >= 0.3 is 0 Å². The zero-order valence-corrected chi connectivity index (χ0v) is 16.2. The van der Waals surface area contributed by atoms with Gasteiger partial charge in [0, 0.05) is 18.0 Å².